The van der Waals surface area contributed by atoms with Crippen molar-refractivity contribution in [2.45, 2.75) is 51.5 Å². The first-order chi connectivity index (χ1) is 8.31. The first-order valence-electron chi connectivity index (χ1n) is 7.04. The summed E-state index contributed by atoms with van der Waals surface area (Å²) in [5.74, 6) is 0.995. The predicted molar refractivity (Wildman–Crippen MR) is 74.2 cm³/mol. The third-order valence-electron chi connectivity index (χ3n) is 4.25. The van der Waals surface area contributed by atoms with Crippen molar-refractivity contribution in [2.24, 2.45) is 5.92 Å². The Hall–Kier alpha value is -0.820. The number of hydrogen-bond donors (Lipinski definition) is 1. The van der Waals surface area contributed by atoms with Gasteiger partial charge in [-0.25, -0.2) is 0 Å². The van der Waals surface area contributed by atoms with E-state index < -0.39 is 0 Å². The zero-order chi connectivity index (χ0) is 12.1. The van der Waals surface area contributed by atoms with E-state index in [0.717, 1.165) is 5.92 Å². The molecule has 1 saturated carbocycles. The SMILES string of the molecule is CNC(CCC1CCCC1)c1ccccc1C. The number of aryl methyl sites for hydroxylation is 1. The molecule has 0 heterocycles. The minimum Gasteiger partial charge on any atom is -0.313 e. The number of nitrogens with one attached hydrogen (secondary N) is 1. The first-order valence-corrected chi connectivity index (χ1v) is 7.04. The van der Waals surface area contributed by atoms with Gasteiger partial charge in [0.05, 0.1) is 0 Å². The third-order valence-corrected chi connectivity index (χ3v) is 4.25. The molecule has 0 saturated heterocycles. The fraction of sp³-hybridized carbons (Fsp3) is 0.625. The van der Waals surface area contributed by atoms with Crippen molar-refractivity contribution in [3.05, 3.63) is 35.4 Å². The Labute approximate surface area is 106 Å². The lowest BCUT2D eigenvalue weighted by Crippen LogP contribution is -2.18. The average molecular weight is 231 g/mol. The van der Waals surface area contributed by atoms with Crippen LogP contribution in [0.1, 0.15) is 55.7 Å². The molecule has 1 aromatic carbocycles. The smallest absolute Gasteiger partial charge is 0.0320 e. The molecule has 1 aliphatic carbocycles. The van der Waals surface area contributed by atoms with Crippen molar-refractivity contribution in [1.29, 1.82) is 0 Å². The largest absolute Gasteiger partial charge is 0.313 e. The fourth-order valence-corrected chi connectivity index (χ4v) is 3.13. The van der Waals surface area contributed by atoms with E-state index in [2.05, 4.69) is 43.6 Å². The van der Waals surface area contributed by atoms with Crippen LogP contribution in [-0.2, 0) is 0 Å². The van der Waals surface area contributed by atoms with Gasteiger partial charge in [-0.15, -0.1) is 0 Å². The minimum atomic E-state index is 0.539. The van der Waals surface area contributed by atoms with E-state index in [4.69, 9.17) is 0 Å². The van der Waals surface area contributed by atoms with Crippen molar-refractivity contribution in [2.75, 3.05) is 7.05 Å². The maximum absolute atomic E-state index is 3.48. The van der Waals surface area contributed by atoms with Gasteiger partial charge in [-0.2, -0.15) is 0 Å². The Kier molecular flexibility index (Phi) is 4.61. The molecule has 1 fully saturated rings. The average Bonchev–Trinajstić information content (AvgIpc) is 2.85. The van der Waals surface area contributed by atoms with Gasteiger partial charge in [-0.1, -0.05) is 49.9 Å². The van der Waals surface area contributed by atoms with Gasteiger partial charge in [0.25, 0.3) is 0 Å². The van der Waals surface area contributed by atoms with Gasteiger partial charge >= 0.3 is 0 Å². The summed E-state index contributed by atoms with van der Waals surface area (Å²) in [7, 11) is 2.09. The highest BCUT2D eigenvalue weighted by atomic mass is 14.9. The normalized spacial score (nSPS) is 18.5. The second-order valence-electron chi connectivity index (χ2n) is 5.43. The van der Waals surface area contributed by atoms with Gasteiger partial charge < -0.3 is 5.32 Å². The Balaban J connectivity index is 1.94. The minimum absolute atomic E-state index is 0.539. The molecule has 94 valence electrons. The summed E-state index contributed by atoms with van der Waals surface area (Å²) in [6.45, 7) is 2.22. The molecule has 1 heteroatoms. The van der Waals surface area contributed by atoms with E-state index in [9.17, 15) is 0 Å². The highest BCUT2D eigenvalue weighted by Crippen LogP contribution is 2.31. The molecule has 1 N–H and O–H groups in total. The van der Waals surface area contributed by atoms with Crippen LogP contribution in [0.3, 0.4) is 0 Å². The molecule has 17 heavy (non-hydrogen) atoms. The molecule has 0 spiro atoms. The highest BCUT2D eigenvalue weighted by molar-refractivity contribution is 5.28. The standard InChI is InChI=1S/C16H25N/c1-13-7-3-6-10-15(13)16(17-2)12-11-14-8-4-5-9-14/h3,6-7,10,14,16-17H,4-5,8-9,11-12H2,1-2H3. The molecular weight excluding hydrogens is 206 g/mol. The molecule has 0 amide bonds. The second kappa shape index (κ2) is 6.20. The topological polar surface area (TPSA) is 12.0 Å². The van der Waals surface area contributed by atoms with Crippen molar-refractivity contribution >= 4 is 0 Å². The Morgan fingerprint density at radius 3 is 2.59 bits per heavy atom. The first kappa shape index (κ1) is 12.6. The molecule has 0 aromatic heterocycles. The quantitative estimate of drug-likeness (QED) is 0.800. The number of benzene rings is 1. The molecule has 2 rings (SSSR count). The lowest BCUT2D eigenvalue weighted by atomic mass is 9.93. The maximum Gasteiger partial charge on any atom is 0.0320 e. The molecule has 1 nitrogen and oxygen atoms in total. The maximum atomic E-state index is 3.48. The summed E-state index contributed by atoms with van der Waals surface area (Å²) >= 11 is 0. The van der Waals surface area contributed by atoms with Crippen LogP contribution in [0, 0.1) is 12.8 Å². The van der Waals surface area contributed by atoms with Crippen LogP contribution in [0.2, 0.25) is 0 Å². The Morgan fingerprint density at radius 1 is 1.24 bits per heavy atom. The van der Waals surface area contributed by atoms with Crippen molar-refractivity contribution in [1.82, 2.24) is 5.32 Å². The van der Waals surface area contributed by atoms with E-state index >= 15 is 0 Å². The van der Waals surface area contributed by atoms with E-state index in [1.54, 1.807) is 0 Å². The Morgan fingerprint density at radius 2 is 1.94 bits per heavy atom. The van der Waals surface area contributed by atoms with Crippen LogP contribution in [-0.4, -0.2) is 7.05 Å². The molecule has 1 aromatic rings. The van der Waals surface area contributed by atoms with Gasteiger partial charge in [0, 0.05) is 6.04 Å². The van der Waals surface area contributed by atoms with Gasteiger partial charge in [-0.3, -0.25) is 0 Å². The molecule has 1 unspecified atom stereocenters. The van der Waals surface area contributed by atoms with Crippen LogP contribution in [0.4, 0.5) is 0 Å². The van der Waals surface area contributed by atoms with Gasteiger partial charge in [0.1, 0.15) is 0 Å². The van der Waals surface area contributed by atoms with E-state index in [0.29, 0.717) is 6.04 Å². The summed E-state index contributed by atoms with van der Waals surface area (Å²) in [4.78, 5) is 0. The van der Waals surface area contributed by atoms with Gasteiger partial charge in [0.2, 0.25) is 0 Å². The molecule has 0 bridgehead atoms. The van der Waals surface area contributed by atoms with E-state index in [1.807, 2.05) is 0 Å². The van der Waals surface area contributed by atoms with E-state index in [-0.39, 0.29) is 0 Å². The number of rotatable bonds is 5. The third kappa shape index (κ3) is 3.32. The van der Waals surface area contributed by atoms with Crippen LogP contribution < -0.4 is 5.32 Å². The molecule has 1 atom stereocenters. The highest BCUT2D eigenvalue weighted by Gasteiger charge is 2.18. The fourth-order valence-electron chi connectivity index (χ4n) is 3.13. The Bertz CT molecular complexity index is 339. The zero-order valence-corrected chi connectivity index (χ0v) is 11.2. The number of hydrogen-bond acceptors (Lipinski definition) is 1. The molecular formula is C16H25N. The lowest BCUT2D eigenvalue weighted by molar-refractivity contribution is 0.426. The zero-order valence-electron chi connectivity index (χ0n) is 11.2. The summed E-state index contributed by atoms with van der Waals surface area (Å²) < 4.78 is 0. The summed E-state index contributed by atoms with van der Waals surface area (Å²) in [5.41, 5.74) is 2.89. The van der Waals surface area contributed by atoms with Crippen LogP contribution in [0.15, 0.2) is 24.3 Å². The molecule has 0 radical (unpaired) electrons. The molecule has 1 aliphatic rings. The summed E-state index contributed by atoms with van der Waals surface area (Å²) in [6, 6.07) is 9.31. The van der Waals surface area contributed by atoms with Crippen LogP contribution in [0.25, 0.3) is 0 Å². The second-order valence-corrected chi connectivity index (χ2v) is 5.43. The van der Waals surface area contributed by atoms with Gasteiger partial charge in [0.15, 0.2) is 0 Å². The van der Waals surface area contributed by atoms with Crippen molar-refractivity contribution < 1.29 is 0 Å². The lowest BCUT2D eigenvalue weighted by Gasteiger charge is -2.20. The molecule has 0 aliphatic heterocycles. The van der Waals surface area contributed by atoms with Crippen LogP contribution in [0.5, 0.6) is 0 Å². The monoisotopic (exact) mass is 231 g/mol. The van der Waals surface area contributed by atoms with Crippen LogP contribution >= 0.6 is 0 Å². The predicted octanol–water partition coefficient (Wildman–Crippen LogP) is 4.23. The summed E-state index contributed by atoms with van der Waals surface area (Å²) in [6.07, 6.45) is 8.51. The van der Waals surface area contributed by atoms with Crippen molar-refractivity contribution in [3.63, 3.8) is 0 Å². The summed E-state index contributed by atoms with van der Waals surface area (Å²) in [5, 5.41) is 3.48. The van der Waals surface area contributed by atoms with Crippen molar-refractivity contribution in [3.8, 4) is 0 Å². The van der Waals surface area contributed by atoms with E-state index in [1.165, 1.54) is 49.7 Å². The van der Waals surface area contributed by atoms with Gasteiger partial charge in [-0.05, 0) is 43.9 Å².